The van der Waals surface area contributed by atoms with Crippen molar-refractivity contribution in [3.05, 3.63) is 46.5 Å². The lowest BCUT2D eigenvalue weighted by atomic mass is 9.70. The van der Waals surface area contributed by atoms with Crippen LogP contribution < -0.4 is 0 Å². The molecule has 1 aliphatic rings. The van der Waals surface area contributed by atoms with Gasteiger partial charge in [-0.1, -0.05) is 52.7 Å². The number of halogens is 1. The van der Waals surface area contributed by atoms with Crippen LogP contribution in [0.15, 0.2) is 40.9 Å². The van der Waals surface area contributed by atoms with Crippen molar-refractivity contribution in [3.63, 3.8) is 0 Å². The maximum absolute atomic E-state index is 12.8. The number of allylic oxidation sites excluding steroid dienone is 1. The Labute approximate surface area is 139 Å². The van der Waals surface area contributed by atoms with Crippen LogP contribution in [0.4, 0.5) is 0 Å². The van der Waals surface area contributed by atoms with Gasteiger partial charge < -0.3 is 4.74 Å². The van der Waals surface area contributed by atoms with Crippen LogP contribution in [0.2, 0.25) is 0 Å². The zero-order valence-electron chi connectivity index (χ0n) is 12.9. The average molecular weight is 365 g/mol. The van der Waals surface area contributed by atoms with E-state index in [0.717, 1.165) is 34.9 Å². The van der Waals surface area contributed by atoms with Crippen LogP contribution in [-0.4, -0.2) is 18.9 Å². The maximum atomic E-state index is 12.8. The monoisotopic (exact) mass is 364 g/mol. The molecule has 1 saturated carbocycles. The second-order valence-electron chi connectivity index (χ2n) is 5.90. The highest BCUT2D eigenvalue weighted by atomic mass is 79.9. The van der Waals surface area contributed by atoms with Crippen molar-refractivity contribution in [2.75, 3.05) is 7.11 Å². The van der Waals surface area contributed by atoms with Crippen molar-refractivity contribution in [1.29, 1.82) is 0 Å². The highest BCUT2D eigenvalue weighted by molar-refractivity contribution is 9.10. The zero-order chi connectivity index (χ0) is 16.2. The molecule has 0 N–H and O–H groups in total. The normalized spacial score (nSPS) is 22.8. The van der Waals surface area contributed by atoms with Gasteiger partial charge in [-0.25, -0.2) is 0 Å². The fourth-order valence-electron chi connectivity index (χ4n) is 3.06. The number of hydrogen-bond acceptors (Lipinski definition) is 3. The second-order valence-corrected chi connectivity index (χ2v) is 6.75. The van der Waals surface area contributed by atoms with E-state index in [9.17, 15) is 9.59 Å². The molecule has 2 rings (SSSR count). The van der Waals surface area contributed by atoms with Gasteiger partial charge in [0.25, 0.3) is 0 Å². The molecule has 1 unspecified atom stereocenters. The molecule has 1 aromatic rings. The molecular formula is C18H21BrO3. The topological polar surface area (TPSA) is 43.4 Å². The standard InChI is InChI=1S/C18H21BrO3/c1-13-7-5-6-10-18(16(20)11-13,17(21)22-2)12-14-8-3-4-9-15(14)19/h3-4,8-9H,1,5-7,10-12H2,2H3. The third-order valence-electron chi connectivity index (χ3n) is 4.35. The maximum Gasteiger partial charge on any atom is 0.319 e. The molecule has 1 atom stereocenters. The zero-order valence-corrected chi connectivity index (χ0v) is 14.4. The number of hydrogen-bond donors (Lipinski definition) is 0. The van der Waals surface area contributed by atoms with Crippen molar-refractivity contribution in [2.24, 2.45) is 5.41 Å². The van der Waals surface area contributed by atoms with Gasteiger partial charge in [0.1, 0.15) is 5.41 Å². The Bertz CT molecular complexity index is 594. The summed E-state index contributed by atoms with van der Waals surface area (Å²) >= 11 is 3.50. The first-order valence-electron chi connectivity index (χ1n) is 7.51. The summed E-state index contributed by atoms with van der Waals surface area (Å²) in [5.74, 6) is -0.497. The summed E-state index contributed by atoms with van der Waals surface area (Å²) < 4.78 is 5.91. The minimum atomic E-state index is -1.10. The van der Waals surface area contributed by atoms with Crippen LogP contribution in [-0.2, 0) is 20.7 Å². The molecular weight excluding hydrogens is 344 g/mol. The van der Waals surface area contributed by atoms with Crippen molar-refractivity contribution < 1.29 is 14.3 Å². The van der Waals surface area contributed by atoms with Gasteiger partial charge in [-0.3, -0.25) is 9.59 Å². The first-order chi connectivity index (χ1) is 10.5. The molecule has 0 saturated heterocycles. The molecule has 0 bridgehead atoms. The van der Waals surface area contributed by atoms with Crippen molar-refractivity contribution in [1.82, 2.24) is 0 Å². The predicted molar refractivity (Wildman–Crippen MR) is 89.5 cm³/mol. The summed E-state index contributed by atoms with van der Waals surface area (Å²) in [6, 6.07) is 7.69. The SMILES string of the molecule is C=C1CCCCC(Cc2ccccc2Br)(C(=O)OC)C(=O)C1. The summed E-state index contributed by atoms with van der Waals surface area (Å²) in [5.41, 5.74) is 0.764. The first kappa shape index (κ1) is 16.9. The molecule has 22 heavy (non-hydrogen) atoms. The molecule has 0 spiro atoms. The quantitative estimate of drug-likeness (QED) is 0.457. The molecule has 0 radical (unpaired) electrons. The van der Waals surface area contributed by atoms with E-state index in [4.69, 9.17) is 4.74 Å². The summed E-state index contributed by atoms with van der Waals surface area (Å²) in [6.45, 7) is 3.96. The van der Waals surface area contributed by atoms with Crippen molar-refractivity contribution in [3.8, 4) is 0 Å². The Kier molecular flexibility index (Phi) is 5.57. The van der Waals surface area contributed by atoms with Crippen LogP contribution in [0.1, 0.15) is 37.7 Å². The fourth-order valence-corrected chi connectivity index (χ4v) is 3.49. The number of carbonyl (C=O) groups excluding carboxylic acids is 2. The lowest BCUT2D eigenvalue weighted by molar-refractivity contribution is -0.158. The molecule has 1 aromatic carbocycles. The Morgan fingerprint density at radius 3 is 2.77 bits per heavy atom. The van der Waals surface area contributed by atoms with E-state index in [2.05, 4.69) is 22.5 Å². The van der Waals surface area contributed by atoms with E-state index in [-0.39, 0.29) is 12.2 Å². The predicted octanol–water partition coefficient (Wildman–Crippen LogP) is 4.24. The summed E-state index contributed by atoms with van der Waals surface area (Å²) in [4.78, 5) is 25.3. The fraction of sp³-hybridized carbons (Fsp3) is 0.444. The highest BCUT2D eigenvalue weighted by Gasteiger charge is 2.46. The molecule has 0 amide bonds. The summed E-state index contributed by atoms with van der Waals surface area (Å²) in [6.07, 6.45) is 3.81. The first-order valence-corrected chi connectivity index (χ1v) is 8.30. The second kappa shape index (κ2) is 7.23. The van der Waals surface area contributed by atoms with Gasteiger partial charge in [-0.2, -0.15) is 0 Å². The Balaban J connectivity index is 2.42. The smallest absolute Gasteiger partial charge is 0.319 e. The third kappa shape index (κ3) is 3.49. The van der Waals surface area contributed by atoms with E-state index in [0.29, 0.717) is 12.8 Å². The number of ether oxygens (including phenoxy) is 1. The Morgan fingerprint density at radius 2 is 2.09 bits per heavy atom. The molecule has 1 fully saturated rings. The van der Waals surface area contributed by atoms with E-state index in [1.165, 1.54) is 7.11 Å². The van der Waals surface area contributed by atoms with Crippen LogP contribution in [0.25, 0.3) is 0 Å². The average Bonchev–Trinajstić information content (AvgIpc) is 2.50. The number of Topliss-reactive ketones (excluding diaryl/α,β-unsaturated/α-hetero) is 1. The van der Waals surface area contributed by atoms with Gasteiger partial charge in [0.2, 0.25) is 0 Å². The van der Waals surface area contributed by atoms with Gasteiger partial charge in [0, 0.05) is 10.9 Å². The molecule has 0 heterocycles. The molecule has 4 heteroatoms. The minimum absolute atomic E-state index is 0.0696. The van der Waals surface area contributed by atoms with Crippen LogP contribution in [0.5, 0.6) is 0 Å². The largest absolute Gasteiger partial charge is 0.468 e. The van der Waals surface area contributed by atoms with Crippen LogP contribution in [0, 0.1) is 5.41 Å². The number of rotatable bonds is 3. The van der Waals surface area contributed by atoms with Crippen molar-refractivity contribution in [2.45, 2.75) is 38.5 Å². The Hall–Kier alpha value is -1.42. The van der Waals surface area contributed by atoms with E-state index in [1.54, 1.807) is 0 Å². The molecule has 3 nitrogen and oxygen atoms in total. The number of esters is 1. The van der Waals surface area contributed by atoms with Crippen LogP contribution in [0.3, 0.4) is 0 Å². The summed E-state index contributed by atoms with van der Waals surface area (Å²) in [5, 5.41) is 0. The lowest BCUT2D eigenvalue weighted by Crippen LogP contribution is -2.43. The van der Waals surface area contributed by atoms with Crippen LogP contribution >= 0.6 is 15.9 Å². The van der Waals surface area contributed by atoms with Gasteiger partial charge in [0.15, 0.2) is 5.78 Å². The third-order valence-corrected chi connectivity index (χ3v) is 5.13. The Morgan fingerprint density at radius 1 is 1.36 bits per heavy atom. The molecule has 1 aliphatic carbocycles. The highest BCUT2D eigenvalue weighted by Crippen LogP contribution is 2.38. The van der Waals surface area contributed by atoms with Gasteiger partial charge >= 0.3 is 5.97 Å². The number of methoxy groups -OCH3 is 1. The number of benzene rings is 1. The molecule has 118 valence electrons. The van der Waals surface area contributed by atoms with E-state index in [1.807, 2.05) is 24.3 Å². The van der Waals surface area contributed by atoms with E-state index >= 15 is 0 Å². The number of carbonyl (C=O) groups is 2. The molecule has 0 aromatic heterocycles. The number of ketones is 1. The lowest BCUT2D eigenvalue weighted by Gasteiger charge is -2.32. The van der Waals surface area contributed by atoms with Crippen molar-refractivity contribution >= 4 is 27.7 Å². The van der Waals surface area contributed by atoms with Gasteiger partial charge in [0.05, 0.1) is 7.11 Å². The summed E-state index contributed by atoms with van der Waals surface area (Å²) in [7, 11) is 1.35. The van der Waals surface area contributed by atoms with Gasteiger partial charge in [-0.05, 0) is 37.3 Å². The van der Waals surface area contributed by atoms with E-state index < -0.39 is 11.4 Å². The molecule has 0 aliphatic heterocycles. The van der Waals surface area contributed by atoms with Gasteiger partial charge in [-0.15, -0.1) is 0 Å². The minimum Gasteiger partial charge on any atom is -0.468 e.